The molecule has 0 unspecified atom stereocenters. The van der Waals surface area contributed by atoms with Crippen LogP contribution in [0.1, 0.15) is 15.9 Å². The third-order valence-electron chi connectivity index (χ3n) is 3.90. The van der Waals surface area contributed by atoms with Crippen molar-refractivity contribution in [1.82, 2.24) is 9.97 Å². The summed E-state index contributed by atoms with van der Waals surface area (Å²) >= 11 is 0. The van der Waals surface area contributed by atoms with Crippen LogP contribution in [0.4, 0.5) is 30.5 Å². The standard InChI is InChI=1S/C20H18F3N5O/c21-20(22,23)15-6-3-5-14(13-15)19(29)28-16-7-4-10-26-18(16)27-12-11-25-17-8-1-2-9-24-17/h1-10,13H,11-12H2,(H,24,25)(H,26,27)(H,28,29). The Morgan fingerprint density at radius 1 is 0.897 bits per heavy atom. The summed E-state index contributed by atoms with van der Waals surface area (Å²) in [4.78, 5) is 20.7. The Hall–Kier alpha value is -3.62. The molecule has 9 heteroatoms. The molecule has 0 aliphatic heterocycles. The van der Waals surface area contributed by atoms with Crippen molar-refractivity contribution in [3.63, 3.8) is 0 Å². The zero-order chi connectivity index (χ0) is 20.7. The first-order valence-corrected chi connectivity index (χ1v) is 8.76. The van der Waals surface area contributed by atoms with Gasteiger partial charge in [-0.05, 0) is 42.5 Å². The molecule has 0 radical (unpaired) electrons. The van der Waals surface area contributed by atoms with Gasteiger partial charge < -0.3 is 16.0 Å². The van der Waals surface area contributed by atoms with Crippen molar-refractivity contribution in [2.45, 2.75) is 6.18 Å². The van der Waals surface area contributed by atoms with Gasteiger partial charge in [-0.3, -0.25) is 4.79 Å². The largest absolute Gasteiger partial charge is 0.416 e. The van der Waals surface area contributed by atoms with E-state index in [1.165, 1.54) is 12.1 Å². The van der Waals surface area contributed by atoms with Crippen LogP contribution in [-0.2, 0) is 6.18 Å². The van der Waals surface area contributed by atoms with Gasteiger partial charge >= 0.3 is 6.18 Å². The number of aromatic nitrogens is 2. The Morgan fingerprint density at radius 3 is 2.45 bits per heavy atom. The summed E-state index contributed by atoms with van der Waals surface area (Å²) in [5, 5.41) is 8.81. The highest BCUT2D eigenvalue weighted by atomic mass is 19.4. The number of carbonyl (C=O) groups excluding carboxylic acids is 1. The summed E-state index contributed by atoms with van der Waals surface area (Å²) in [6.07, 6.45) is -1.29. The van der Waals surface area contributed by atoms with Gasteiger partial charge in [0.1, 0.15) is 11.6 Å². The second kappa shape index (κ2) is 9.05. The third kappa shape index (κ3) is 5.68. The Bertz CT molecular complexity index is 964. The maximum atomic E-state index is 12.9. The number of anilines is 3. The second-order valence-electron chi connectivity index (χ2n) is 6.00. The van der Waals surface area contributed by atoms with E-state index in [-0.39, 0.29) is 5.56 Å². The van der Waals surface area contributed by atoms with Crippen LogP contribution < -0.4 is 16.0 Å². The van der Waals surface area contributed by atoms with E-state index < -0.39 is 17.6 Å². The molecule has 29 heavy (non-hydrogen) atoms. The van der Waals surface area contributed by atoms with Crippen LogP contribution in [0.25, 0.3) is 0 Å². The summed E-state index contributed by atoms with van der Waals surface area (Å²) in [6, 6.07) is 13.0. The highest BCUT2D eigenvalue weighted by molar-refractivity contribution is 6.05. The van der Waals surface area contributed by atoms with Gasteiger partial charge in [0, 0.05) is 31.0 Å². The molecule has 0 bridgehead atoms. The Morgan fingerprint density at radius 2 is 1.69 bits per heavy atom. The van der Waals surface area contributed by atoms with Gasteiger partial charge in [-0.1, -0.05) is 12.1 Å². The number of hydrogen-bond donors (Lipinski definition) is 3. The second-order valence-corrected chi connectivity index (χ2v) is 6.00. The first-order valence-electron chi connectivity index (χ1n) is 8.76. The predicted molar refractivity (Wildman–Crippen MR) is 105 cm³/mol. The van der Waals surface area contributed by atoms with E-state index in [0.717, 1.165) is 18.0 Å². The molecule has 0 saturated carbocycles. The molecular formula is C20H18F3N5O. The Kier molecular flexibility index (Phi) is 6.28. The Balaban J connectivity index is 1.62. The molecule has 0 aliphatic carbocycles. The molecule has 0 aliphatic rings. The zero-order valence-electron chi connectivity index (χ0n) is 15.2. The van der Waals surface area contributed by atoms with E-state index in [0.29, 0.717) is 24.6 Å². The molecule has 6 nitrogen and oxygen atoms in total. The highest BCUT2D eigenvalue weighted by Crippen LogP contribution is 2.29. The molecule has 0 fully saturated rings. The average Bonchev–Trinajstić information content (AvgIpc) is 2.72. The number of rotatable bonds is 7. The molecule has 0 spiro atoms. The number of alkyl halides is 3. The maximum Gasteiger partial charge on any atom is 0.416 e. The van der Waals surface area contributed by atoms with E-state index in [9.17, 15) is 18.0 Å². The fraction of sp³-hybridized carbons (Fsp3) is 0.150. The lowest BCUT2D eigenvalue weighted by Crippen LogP contribution is -2.18. The van der Waals surface area contributed by atoms with E-state index in [4.69, 9.17) is 0 Å². The lowest BCUT2D eigenvalue weighted by molar-refractivity contribution is -0.137. The first-order chi connectivity index (χ1) is 13.9. The monoisotopic (exact) mass is 401 g/mol. The molecule has 3 rings (SSSR count). The van der Waals surface area contributed by atoms with Gasteiger partial charge in [-0.2, -0.15) is 13.2 Å². The lowest BCUT2D eigenvalue weighted by atomic mass is 10.1. The summed E-state index contributed by atoms with van der Waals surface area (Å²) in [6.45, 7) is 1.04. The maximum absolute atomic E-state index is 12.9. The smallest absolute Gasteiger partial charge is 0.368 e. The number of benzene rings is 1. The van der Waals surface area contributed by atoms with E-state index in [2.05, 4.69) is 25.9 Å². The Labute approximate surface area is 165 Å². The molecule has 1 amide bonds. The molecule has 3 aromatic rings. The third-order valence-corrected chi connectivity index (χ3v) is 3.90. The van der Waals surface area contributed by atoms with Crippen molar-refractivity contribution in [1.29, 1.82) is 0 Å². The van der Waals surface area contributed by atoms with Crippen molar-refractivity contribution >= 4 is 23.2 Å². The van der Waals surface area contributed by atoms with Crippen LogP contribution in [0.5, 0.6) is 0 Å². The van der Waals surface area contributed by atoms with Crippen LogP contribution in [-0.4, -0.2) is 29.0 Å². The summed E-state index contributed by atoms with van der Waals surface area (Å²) in [5.74, 6) is 0.489. The summed E-state index contributed by atoms with van der Waals surface area (Å²) < 4.78 is 38.6. The van der Waals surface area contributed by atoms with Crippen LogP contribution in [0.3, 0.4) is 0 Å². The molecule has 2 heterocycles. The quantitative estimate of drug-likeness (QED) is 0.515. The minimum absolute atomic E-state index is 0.0913. The van der Waals surface area contributed by atoms with Crippen LogP contribution in [0, 0.1) is 0 Å². The molecule has 1 aromatic carbocycles. The van der Waals surface area contributed by atoms with Crippen LogP contribution >= 0.6 is 0 Å². The van der Waals surface area contributed by atoms with Gasteiger partial charge in [0.05, 0.1) is 11.3 Å². The van der Waals surface area contributed by atoms with Gasteiger partial charge in [-0.25, -0.2) is 9.97 Å². The van der Waals surface area contributed by atoms with Gasteiger partial charge in [-0.15, -0.1) is 0 Å². The van der Waals surface area contributed by atoms with Gasteiger partial charge in [0.15, 0.2) is 0 Å². The minimum Gasteiger partial charge on any atom is -0.368 e. The number of halogens is 3. The van der Waals surface area contributed by atoms with Crippen molar-refractivity contribution in [2.24, 2.45) is 0 Å². The predicted octanol–water partition coefficient (Wildman–Crippen LogP) is 4.27. The number of hydrogen-bond acceptors (Lipinski definition) is 5. The van der Waals surface area contributed by atoms with Crippen molar-refractivity contribution in [2.75, 3.05) is 29.0 Å². The van der Waals surface area contributed by atoms with Crippen molar-refractivity contribution in [3.05, 3.63) is 78.1 Å². The zero-order valence-corrected chi connectivity index (χ0v) is 15.2. The number of amides is 1. The number of pyridine rings is 2. The van der Waals surface area contributed by atoms with Gasteiger partial charge in [0.25, 0.3) is 5.91 Å². The van der Waals surface area contributed by atoms with Gasteiger partial charge in [0.2, 0.25) is 0 Å². The normalized spacial score (nSPS) is 11.0. The fourth-order valence-corrected chi connectivity index (χ4v) is 2.52. The molecule has 0 saturated heterocycles. The van der Waals surface area contributed by atoms with E-state index in [1.54, 1.807) is 24.5 Å². The van der Waals surface area contributed by atoms with Crippen LogP contribution in [0.15, 0.2) is 67.0 Å². The average molecular weight is 401 g/mol. The van der Waals surface area contributed by atoms with Crippen molar-refractivity contribution < 1.29 is 18.0 Å². The number of nitrogens with one attached hydrogen (secondary N) is 3. The summed E-state index contributed by atoms with van der Waals surface area (Å²) in [5.41, 5.74) is -0.602. The number of nitrogens with zero attached hydrogens (tertiary/aromatic N) is 2. The van der Waals surface area contributed by atoms with E-state index in [1.807, 2.05) is 18.2 Å². The molecule has 3 N–H and O–H groups in total. The molecule has 150 valence electrons. The topological polar surface area (TPSA) is 78.9 Å². The fourth-order valence-electron chi connectivity index (χ4n) is 2.52. The first kappa shape index (κ1) is 20.1. The van der Waals surface area contributed by atoms with Crippen molar-refractivity contribution in [3.8, 4) is 0 Å². The van der Waals surface area contributed by atoms with Crippen LogP contribution in [0.2, 0.25) is 0 Å². The molecule has 0 atom stereocenters. The van der Waals surface area contributed by atoms with E-state index >= 15 is 0 Å². The molecule has 2 aromatic heterocycles. The lowest BCUT2D eigenvalue weighted by Gasteiger charge is -2.13. The highest BCUT2D eigenvalue weighted by Gasteiger charge is 2.30. The SMILES string of the molecule is O=C(Nc1cccnc1NCCNc1ccccn1)c1cccc(C(F)(F)F)c1. The number of carbonyl (C=O) groups is 1. The molecular weight excluding hydrogens is 383 g/mol. The summed E-state index contributed by atoms with van der Waals surface area (Å²) in [7, 11) is 0. The minimum atomic E-state index is -4.52.